The minimum absolute atomic E-state index is 0.332. The maximum Gasteiger partial charge on any atom is 0.184 e. The lowest BCUT2D eigenvalue weighted by atomic mass is 10.0. The largest absolute Gasteiger partial charge is 0.481 e. The van der Waals surface area contributed by atoms with Crippen LogP contribution >= 0.6 is 0 Å². The zero-order valence-electron chi connectivity index (χ0n) is 10.3. The zero-order valence-corrected chi connectivity index (χ0v) is 10.3. The molecule has 0 fully saturated rings. The summed E-state index contributed by atoms with van der Waals surface area (Å²) in [5.74, 6) is 0.332. The Morgan fingerprint density at radius 1 is 1.12 bits per heavy atom. The summed E-state index contributed by atoms with van der Waals surface area (Å²) in [5.41, 5.74) is 2.40. The van der Waals surface area contributed by atoms with Crippen LogP contribution in [0.5, 0.6) is 0 Å². The number of benzene rings is 2. The van der Waals surface area contributed by atoms with Gasteiger partial charge in [0.25, 0.3) is 0 Å². The number of hydrogen-bond acceptors (Lipinski definition) is 2. The Kier molecular flexibility index (Phi) is 3.43. The average molecular weight is 227 g/mol. The Morgan fingerprint density at radius 2 is 1.82 bits per heavy atom. The second kappa shape index (κ2) is 5.00. The molecule has 0 amide bonds. The summed E-state index contributed by atoms with van der Waals surface area (Å²) in [7, 11) is 0. The van der Waals surface area contributed by atoms with E-state index in [2.05, 4.69) is 43.3 Å². The predicted octanol–water partition coefficient (Wildman–Crippen LogP) is 3.70. The molecule has 0 aliphatic carbocycles. The Hall–Kier alpha value is -1.83. The van der Waals surface area contributed by atoms with Gasteiger partial charge in [-0.1, -0.05) is 42.0 Å². The van der Waals surface area contributed by atoms with Crippen molar-refractivity contribution < 1.29 is 4.74 Å². The van der Waals surface area contributed by atoms with Gasteiger partial charge in [0, 0.05) is 6.42 Å². The molecule has 0 atom stereocenters. The van der Waals surface area contributed by atoms with E-state index in [0.717, 1.165) is 5.56 Å². The Morgan fingerprint density at radius 3 is 2.59 bits per heavy atom. The van der Waals surface area contributed by atoms with E-state index in [0.29, 0.717) is 18.9 Å². The van der Waals surface area contributed by atoms with E-state index < -0.39 is 0 Å². The van der Waals surface area contributed by atoms with Gasteiger partial charge in [-0.15, -0.1) is 0 Å². The summed E-state index contributed by atoms with van der Waals surface area (Å²) in [5, 5.41) is 10.1. The molecular weight excluding hydrogens is 210 g/mol. The molecule has 0 saturated heterocycles. The second-order valence-electron chi connectivity index (χ2n) is 4.22. The molecule has 0 heterocycles. The first-order valence-corrected chi connectivity index (χ1v) is 5.88. The number of aryl methyl sites for hydroxylation is 1. The topological polar surface area (TPSA) is 33.1 Å². The average Bonchev–Trinajstić information content (AvgIpc) is 2.29. The maximum atomic E-state index is 7.65. The van der Waals surface area contributed by atoms with Gasteiger partial charge in [-0.05, 0) is 30.2 Å². The third-order valence-corrected chi connectivity index (χ3v) is 2.74. The van der Waals surface area contributed by atoms with Crippen molar-refractivity contribution in [2.75, 3.05) is 6.61 Å². The van der Waals surface area contributed by atoms with E-state index in [-0.39, 0.29) is 0 Å². The smallest absolute Gasteiger partial charge is 0.184 e. The van der Waals surface area contributed by atoms with Gasteiger partial charge >= 0.3 is 0 Å². The SMILES string of the molecule is CCOC(=N)Cc1ccc2cc(C)ccc2c1. The van der Waals surface area contributed by atoms with Crippen LogP contribution in [0.4, 0.5) is 0 Å². The van der Waals surface area contributed by atoms with Crippen molar-refractivity contribution in [1.82, 2.24) is 0 Å². The van der Waals surface area contributed by atoms with Crippen LogP contribution in [0, 0.1) is 12.3 Å². The first kappa shape index (κ1) is 11.6. The summed E-state index contributed by atoms with van der Waals surface area (Å²) < 4.78 is 5.16. The van der Waals surface area contributed by atoms with Crippen molar-refractivity contribution in [3.8, 4) is 0 Å². The number of nitrogens with one attached hydrogen (secondary N) is 1. The van der Waals surface area contributed by atoms with Gasteiger partial charge in [0.05, 0.1) is 6.61 Å². The van der Waals surface area contributed by atoms with Crippen molar-refractivity contribution in [2.24, 2.45) is 0 Å². The molecule has 0 spiro atoms. The molecule has 0 aliphatic heterocycles. The number of rotatable bonds is 3. The van der Waals surface area contributed by atoms with Gasteiger partial charge in [0.2, 0.25) is 0 Å². The van der Waals surface area contributed by atoms with Crippen molar-refractivity contribution in [2.45, 2.75) is 20.3 Å². The fraction of sp³-hybridized carbons (Fsp3) is 0.267. The maximum absolute atomic E-state index is 7.65. The number of hydrogen-bond donors (Lipinski definition) is 1. The van der Waals surface area contributed by atoms with E-state index in [1.807, 2.05) is 6.92 Å². The van der Waals surface area contributed by atoms with Gasteiger partial charge in [-0.25, -0.2) is 0 Å². The van der Waals surface area contributed by atoms with Crippen LogP contribution in [0.25, 0.3) is 10.8 Å². The minimum Gasteiger partial charge on any atom is -0.481 e. The quantitative estimate of drug-likeness (QED) is 0.629. The molecule has 2 aromatic carbocycles. The molecular formula is C15H17NO. The summed E-state index contributed by atoms with van der Waals surface area (Å²) in [6, 6.07) is 12.7. The van der Waals surface area contributed by atoms with Gasteiger partial charge in [0.1, 0.15) is 0 Å². The van der Waals surface area contributed by atoms with Crippen molar-refractivity contribution in [1.29, 1.82) is 5.41 Å². The molecule has 0 aliphatic rings. The van der Waals surface area contributed by atoms with Crippen LogP contribution in [0.1, 0.15) is 18.1 Å². The van der Waals surface area contributed by atoms with Gasteiger partial charge < -0.3 is 4.74 Å². The Balaban J connectivity index is 2.26. The molecule has 88 valence electrons. The highest BCUT2D eigenvalue weighted by Crippen LogP contribution is 2.18. The van der Waals surface area contributed by atoms with Crippen molar-refractivity contribution in [3.05, 3.63) is 47.5 Å². The summed E-state index contributed by atoms with van der Waals surface area (Å²) >= 11 is 0. The third-order valence-electron chi connectivity index (χ3n) is 2.74. The monoisotopic (exact) mass is 227 g/mol. The van der Waals surface area contributed by atoms with Crippen LogP contribution in [-0.2, 0) is 11.2 Å². The van der Waals surface area contributed by atoms with E-state index >= 15 is 0 Å². The highest BCUT2D eigenvalue weighted by molar-refractivity contribution is 5.85. The highest BCUT2D eigenvalue weighted by atomic mass is 16.5. The fourth-order valence-electron chi connectivity index (χ4n) is 1.94. The highest BCUT2D eigenvalue weighted by Gasteiger charge is 2.01. The normalized spacial score (nSPS) is 10.5. The molecule has 2 aromatic rings. The van der Waals surface area contributed by atoms with Gasteiger partial charge in [0.15, 0.2) is 5.90 Å². The van der Waals surface area contributed by atoms with Crippen LogP contribution in [0.2, 0.25) is 0 Å². The summed E-state index contributed by atoms with van der Waals surface area (Å²) in [6.07, 6.45) is 0.567. The van der Waals surface area contributed by atoms with E-state index in [1.54, 1.807) is 0 Å². The van der Waals surface area contributed by atoms with Crippen molar-refractivity contribution >= 4 is 16.7 Å². The van der Waals surface area contributed by atoms with Crippen LogP contribution in [0.15, 0.2) is 36.4 Å². The first-order valence-electron chi connectivity index (χ1n) is 5.88. The van der Waals surface area contributed by atoms with E-state index in [1.165, 1.54) is 16.3 Å². The molecule has 0 aromatic heterocycles. The minimum atomic E-state index is 0.332. The molecule has 0 saturated carbocycles. The zero-order chi connectivity index (χ0) is 12.3. The second-order valence-corrected chi connectivity index (χ2v) is 4.22. The number of fused-ring (bicyclic) bond motifs is 1. The lowest BCUT2D eigenvalue weighted by Crippen LogP contribution is -2.06. The van der Waals surface area contributed by atoms with E-state index in [9.17, 15) is 0 Å². The van der Waals surface area contributed by atoms with Gasteiger partial charge in [-0.2, -0.15) is 0 Å². The lowest BCUT2D eigenvalue weighted by molar-refractivity contribution is 0.317. The van der Waals surface area contributed by atoms with Crippen LogP contribution < -0.4 is 0 Å². The molecule has 1 N–H and O–H groups in total. The Bertz CT molecular complexity index is 546. The van der Waals surface area contributed by atoms with Crippen LogP contribution in [0.3, 0.4) is 0 Å². The standard InChI is InChI=1S/C15H17NO/c1-3-17-15(16)10-12-5-7-13-8-11(2)4-6-14(13)9-12/h4-9,16H,3,10H2,1-2H3. The Labute approximate surface area is 102 Å². The molecule has 17 heavy (non-hydrogen) atoms. The lowest BCUT2D eigenvalue weighted by Gasteiger charge is -2.06. The van der Waals surface area contributed by atoms with Crippen LogP contribution in [-0.4, -0.2) is 12.5 Å². The summed E-state index contributed by atoms with van der Waals surface area (Å²) in [4.78, 5) is 0. The fourth-order valence-corrected chi connectivity index (χ4v) is 1.94. The predicted molar refractivity (Wildman–Crippen MR) is 71.7 cm³/mol. The molecule has 2 nitrogen and oxygen atoms in total. The molecule has 2 heteroatoms. The first-order chi connectivity index (χ1) is 8.19. The van der Waals surface area contributed by atoms with E-state index in [4.69, 9.17) is 10.1 Å². The molecule has 0 unspecified atom stereocenters. The van der Waals surface area contributed by atoms with Crippen molar-refractivity contribution in [3.63, 3.8) is 0 Å². The third kappa shape index (κ3) is 2.84. The molecule has 0 bridgehead atoms. The number of ether oxygens (including phenoxy) is 1. The molecule has 0 radical (unpaired) electrons. The molecule has 2 rings (SSSR count). The summed E-state index contributed by atoms with van der Waals surface area (Å²) in [6.45, 7) is 4.56. The van der Waals surface area contributed by atoms with Gasteiger partial charge in [-0.3, -0.25) is 5.41 Å².